The van der Waals surface area contributed by atoms with Crippen molar-refractivity contribution in [2.24, 2.45) is 5.73 Å². The molecule has 1 atom stereocenters. The molecule has 1 aliphatic heterocycles. The molecule has 1 unspecified atom stereocenters. The SMILES string of the molecule is CCCCC(NC(N)=O)C(=O)N1CCN(Cc2cccc3ccccc23)CC1. The van der Waals surface area contributed by atoms with Crippen LogP contribution >= 0.6 is 0 Å². The van der Waals surface area contributed by atoms with Gasteiger partial charge in [-0.1, -0.05) is 62.2 Å². The van der Waals surface area contributed by atoms with E-state index in [1.165, 1.54) is 16.3 Å². The van der Waals surface area contributed by atoms with Crippen LogP contribution in [0, 0.1) is 0 Å². The van der Waals surface area contributed by atoms with Crippen LogP contribution < -0.4 is 11.1 Å². The highest BCUT2D eigenvalue weighted by molar-refractivity contribution is 5.87. The minimum atomic E-state index is -0.635. The lowest BCUT2D eigenvalue weighted by molar-refractivity contribution is -0.135. The molecular weight excluding hydrogens is 352 g/mol. The molecule has 6 nitrogen and oxygen atoms in total. The van der Waals surface area contributed by atoms with Crippen molar-refractivity contribution in [3.63, 3.8) is 0 Å². The minimum Gasteiger partial charge on any atom is -0.352 e. The number of urea groups is 1. The summed E-state index contributed by atoms with van der Waals surface area (Å²) in [5, 5.41) is 5.16. The number of hydrogen-bond donors (Lipinski definition) is 2. The molecule has 0 aliphatic carbocycles. The van der Waals surface area contributed by atoms with Crippen LogP contribution in [-0.4, -0.2) is 54.0 Å². The molecule has 0 bridgehead atoms. The topological polar surface area (TPSA) is 78.7 Å². The number of carbonyl (C=O) groups is 2. The predicted octanol–water partition coefficient (Wildman–Crippen LogP) is 2.71. The van der Waals surface area contributed by atoms with Gasteiger partial charge in [-0.25, -0.2) is 4.79 Å². The summed E-state index contributed by atoms with van der Waals surface area (Å²) in [7, 11) is 0. The molecule has 3 N–H and O–H groups in total. The van der Waals surface area contributed by atoms with Gasteiger partial charge >= 0.3 is 6.03 Å². The van der Waals surface area contributed by atoms with Gasteiger partial charge in [0.15, 0.2) is 0 Å². The number of carbonyl (C=O) groups excluding carboxylic acids is 2. The molecule has 2 aromatic carbocycles. The molecule has 1 heterocycles. The quantitative estimate of drug-likeness (QED) is 0.773. The van der Waals surface area contributed by atoms with Crippen molar-refractivity contribution in [3.05, 3.63) is 48.0 Å². The van der Waals surface area contributed by atoms with Gasteiger partial charge in [-0.05, 0) is 22.8 Å². The molecule has 3 rings (SSSR count). The second-order valence-electron chi connectivity index (χ2n) is 7.44. The molecule has 1 saturated heterocycles. The summed E-state index contributed by atoms with van der Waals surface area (Å²) >= 11 is 0. The summed E-state index contributed by atoms with van der Waals surface area (Å²) in [5.41, 5.74) is 6.57. The van der Waals surface area contributed by atoms with E-state index in [0.29, 0.717) is 19.5 Å². The number of nitrogens with one attached hydrogen (secondary N) is 1. The number of primary amides is 1. The second kappa shape index (κ2) is 9.55. The van der Waals surface area contributed by atoms with Crippen molar-refractivity contribution in [1.29, 1.82) is 0 Å². The monoisotopic (exact) mass is 382 g/mol. The van der Waals surface area contributed by atoms with Crippen LogP contribution in [0.1, 0.15) is 31.7 Å². The third-order valence-electron chi connectivity index (χ3n) is 5.42. The number of amides is 3. The van der Waals surface area contributed by atoms with Gasteiger partial charge < -0.3 is 16.0 Å². The predicted molar refractivity (Wildman–Crippen MR) is 112 cm³/mol. The van der Waals surface area contributed by atoms with Gasteiger partial charge in [-0.15, -0.1) is 0 Å². The third kappa shape index (κ3) is 5.01. The van der Waals surface area contributed by atoms with Crippen molar-refractivity contribution in [2.75, 3.05) is 26.2 Å². The van der Waals surface area contributed by atoms with Gasteiger partial charge in [0.2, 0.25) is 5.91 Å². The Hall–Kier alpha value is -2.60. The molecule has 0 radical (unpaired) electrons. The first-order valence-electron chi connectivity index (χ1n) is 10.1. The van der Waals surface area contributed by atoms with Gasteiger partial charge in [0.05, 0.1) is 0 Å². The number of fused-ring (bicyclic) bond motifs is 1. The van der Waals surface area contributed by atoms with Gasteiger partial charge in [-0.2, -0.15) is 0 Å². The molecule has 0 saturated carbocycles. The Balaban J connectivity index is 1.58. The molecule has 3 amide bonds. The van der Waals surface area contributed by atoms with Crippen LogP contribution in [0.4, 0.5) is 4.79 Å². The molecule has 28 heavy (non-hydrogen) atoms. The van der Waals surface area contributed by atoms with Crippen LogP contribution in [-0.2, 0) is 11.3 Å². The summed E-state index contributed by atoms with van der Waals surface area (Å²) in [6.45, 7) is 5.94. The Bertz CT molecular complexity index is 810. The maximum Gasteiger partial charge on any atom is 0.312 e. The summed E-state index contributed by atoms with van der Waals surface area (Å²) in [6, 6.07) is 13.7. The molecule has 0 aromatic heterocycles. The van der Waals surface area contributed by atoms with E-state index < -0.39 is 12.1 Å². The standard InChI is InChI=1S/C22H30N4O2/c1-2-3-11-20(24-22(23)28)21(27)26-14-12-25(13-15-26)16-18-9-6-8-17-7-4-5-10-19(17)18/h4-10,20H,2-3,11-16H2,1H3,(H3,23,24,28). The number of piperazine rings is 1. The van der Waals surface area contributed by atoms with E-state index in [-0.39, 0.29) is 5.91 Å². The largest absolute Gasteiger partial charge is 0.352 e. The highest BCUT2D eigenvalue weighted by Crippen LogP contribution is 2.20. The van der Waals surface area contributed by atoms with Crippen LogP contribution in [0.15, 0.2) is 42.5 Å². The fraction of sp³-hybridized carbons (Fsp3) is 0.455. The number of unbranched alkanes of at least 4 members (excludes halogenated alkanes) is 1. The highest BCUT2D eigenvalue weighted by atomic mass is 16.2. The first-order chi connectivity index (χ1) is 13.6. The molecule has 1 fully saturated rings. The smallest absolute Gasteiger partial charge is 0.312 e. The number of nitrogens with two attached hydrogens (primary N) is 1. The van der Waals surface area contributed by atoms with Crippen molar-refractivity contribution in [2.45, 2.75) is 38.8 Å². The maximum absolute atomic E-state index is 12.8. The Labute approximate surface area is 166 Å². The van der Waals surface area contributed by atoms with Gasteiger partial charge in [0.25, 0.3) is 0 Å². The number of nitrogens with zero attached hydrogens (tertiary/aromatic N) is 2. The van der Waals surface area contributed by atoms with Crippen LogP contribution in [0.5, 0.6) is 0 Å². The average molecular weight is 383 g/mol. The van der Waals surface area contributed by atoms with E-state index in [1.807, 2.05) is 4.90 Å². The zero-order valence-corrected chi connectivity index (χ0v) is 16.6. The van der Waals surface area contributed by atoms with Crippen molar-refractivity contribution in [3.8, 4) is 0 Å². The number of rotatable bonds is 7. The summed E-state index contributed by atoms with van der Waals surface area (Å²) in [4.78, 5) is 28.3. The summed E-state index contributed by atoms with van der Waals surface area (Å²) in [6.07, 6.45) is 2.50. The Morgan fingerprint density at radius 3 is 2.50 bits per heavy atom. The summed E-state index contributed by atoms with van der Waals surface area (Å²) in [5.74, 6) is -0.0166. The van der Waals surface area contributed by atoms with E-state index in [1.54, 1.807) is 0 Å². The maximum atomic E-state index is 12.8. The lowest BCUT2D eigenvalue weighted by Gasteiger charge is -2.36. The Morgan fingerprint density at radius 1 is 1.07 bits per heavy atom. The van der Waals surface area contributed by atoms with Crippen molar-refractivity contribution in [1.82, 2.24) is 15.1 Å². The summed E-state index contributed by atoms with van der Waals surface area (Å²) < 4.78 is 0. The molecule has 6 heteroatoms. The molecule has 0 spiro atoms. The lowest BCUT2D eigenvalue weighted by Crippen LogP contribution is -2.55. The van der Waals surface area contributed by atoms with E-state index >= 15 is 0 Å². The Morgan fingerprint density at radius 2 is 1.79 bits per heavy atom. The zero-order valence-electron chi connectivity index (χ0n) is 16.6. The van der Waals surface area contributed by atoms with E-state index in [0.717, 1.165) is 32.5 Å². The first kappa shape index (κ1) is 20.1. The van der Waals surface area contributed by atoms with E-state index in [2.05, 4.69) is 59.6 Å². The third-order valence-corrected chi connectivity index (χ3v) is 5.42. The first-order valence-corrected chi connectivity index (χ1v) is 10.1. The van der Waals surface area contributed by atoms with Crippen LogP contribution in [0.25, 0.3) is 10.8 Å². The fourth-order valence-corrected chi connectivity index (χ4v) is 3.86. The Kier molecular flexibility index (Phi) is 6.87. The number of benzene rings is 2. The molecule has 2 aromatic rings. The molecule has 1 aliphatic rings. The number of hydrogen-bond acceptors (Lipinski definition) is 3. The highest BCUT2D eigenvalue weighted by Gasteiger charge is 2.28. The lowest BCUT2D eigenvalue weighted by atomic mass is 10.0. The minimum absolute atomic E-state index is 0.0166. The van der Waals surface area contributed by atoms with Crippen LogP contribution in [0.3, 0.4) is 0 Å². The van der Waals surface area contributed by atoms with Crippen molar-refractivity contribution < 1.29 is 9.59 Å². The zero-order chi connectivity index (χ0) is 19.9. The second-order valence-corrected chi connectivity index (χ2v) is 7.44. The van der Waals surface area contributed by atoms with Crippen molar-refractivity contribution >= 4 is 22.7 Å². The van der Waals surface area contributed by atoms with Gasteiger partial charge in [0, 0.05) is 32.7 Å². The van der Waals surface area contributed by atoms with Gasteiger partial charge in [-0.3, -0.25) is 9.69 Å². The normalized spacial score (nSPS) is 16.1. The van der Waals surface area contributed by atoms with E-state index in [9.17, 15) is 9.59 Å². The fourth-order valence-electron chi connectivity index (χ4n) is 3.86. The molecular formula is C22H30N4O2. The average Bonchev–Trinajstić information content (AvgIpc) is 2.71. The van der Waals surface area contributed by atoms with Crippen LogP contribution in [0.2, 0.25) is 0 Å². The van der Waals surface area contributed by atoms with Gasteiger partial charge in [0.1, 0.15) is 6.04 Å². The van der Waals surface area contributed by atoms with E-state index in [4.69, 9.17) is 5.73 Å². The molecule has 150 valence electrons.